The number of thiazole rings is 1. The van der Waals surface area contributed by atoms with Gasteiger partial charge in [-0.15, -0.1) is 11.3 Å². The summed E-state index contributed by atoms with van der Waals surface area (Å²) in [7, 11) is 0. The number of hydrogen-bond donors (Lipinski definition) is 2. The van der Waals surface area contributed by atoms with Crippen molar-refractivity contribution in [3.63, 3.8) is 0 Å². The lowest BCUT2D eigenvalue weighted by atomic mass is 10.2. The molecule has 3 heterocycles. The number of para-hydroxylation sites is 2. The number of imidazole rings is 1. The molecule has 8 heteroatoms. The number of benzene rings is 2. The van der Waals surface area contributed by atoms with E-state index in [0.717, 1.165) is 21.8 Å². The van der Waals surface area contributed by atoms with Gasteiger partial charge < -0.3 is 4.98 Å². The third kappa shape index (κ3) is 3.19. The number of rotatable bonds is 4. The number of H-pyrrole nitrogens is 1. The highest BCUT2D eigenvalue weighted by atomic mass is 32.1. The fourth-order valence-corrected chi connectivity index (χ4v) is 3.83. The Hall–Kier alpha value is -3.78. The van der Waals surface area contributed by atoms with Crippen molar-refractivity contribution in [3.8, 4) is 17.2 Å². The molecule has 5 aromatic rings. The molecule has 0 fully saturated rings. The average molecular weight is 400 g/mol. The first kappa shape index (κ1) is 17.3. The Morgan fingerprint density at radius 2 is 1.97 bits per heavy atom. The maximum atomic E-state index is 12.8. The fraction of sp³-hybridized carbons (Fsp3) is 0.0476. The lowest BCUT2D eigenvalue weighted by Gasteiger charge is -2.04. The van der Waals surface area contributed by atoms with Crippen LogP contribution in [0.25, 0.3) is 28.2 Å². The monoisotopic (exact) mass is 400 g/mol. The molecule has 29 heavy (non-hydrogen) atoms. The normalized spacial score (nSPS) is 11.1. The Balaban J connectivity index is 1.55. The van der Waals surface area contributed by atoms with Crippen LogP contribution >= 0.6 is 11.3 Å². The molecule has 0 atom stereocenters. The van der Waals surface area contributed by atoms with Gasteiger partial charge in [0.05, 0.1) is 23.0 Å². The standard InChI is InChI=1S/C21H16N6OS/c1-13-12-22-21(29-13)26-20(28)15-8-5-9-16-18(15)25-19(24-16)17-10-11-23-27(17)14-6-3-2-4-7-14/h2-12H,1H3,(H,24,25)(H,22,26,28). The van der Waals surface area contributed by atoms with E-state index in [2.05, 4.69) is 20.4 Å². The van der Waals surface area contributed by atoms with Gasteiger partial charge in [-0.1, -0.05) is 24.3 Å². The van der Waals surface area contributed by atoms with Gasteiger partial charge in [-0.05, 0) is 37.3 Å². The van der Waals surface area contributed by atoms with E-state index < -0.39 is 0 Å². The first-order valence-electron chi connectivity index (χ1n) is 9.01. The van der Waals surface area contributed by atoms with E-state index in [1.165, 1.54) is 11.3 Å². The Labute approximate surface area is 170 Å². The van der Waals surface area contributed by atoms with Gasteiger partial charge in [-0.25, -0.2) is 14.6 Å². The molecule has 0 bridgehead atoms. The van der Waals surface area contributed by atoms with Crippen LogP contribution in [0.3, 0.4) is 0 Å². The second-order valence-electron chi connectivity index (χ2n) is 6.48. The smallest absolute Gasteiger partial charge is 0.259 e. The number of amides is 1. The number of fused-ring (bicyclic) bond motifs is 1. The summed E-state index contributed by atoms with van der Waals surface area (Å²) in [4.78, 5) is 26.1. The third-order valence-electron chi connectivity index (χ3n) is 4.49. The molecule has 2 aromatic carbocycles. The van der Waals surface area contributed by atoms with Crippen molar-refractivity contribution >= 4 is 33.4 Å². The van der Waals surface area contributed by atoms with Gasteiger partial charge in [0.25, 0.3) is 5.91 Å². The minimum absolute atomic E-state index is 0.237. The largest absolute Gasteiger partial charge is 0.337 e. The molecule has 0 saturated carbocycles. The van der Waals surface area contributed by atoms with Gasteiger partial charge in [0.15, 0.2) is 11.0 Å². The number of aryl methyl sites for hydroxylation is 1. The maximum absolute atomic E-state index is 12.8. The molecule has 0 aliphatic rings. The molecule has 0 aliphatic carbocycles. The molecule has 2 N–H and O–H groups in total. The van der Waals surface area contributed by atoms with Crippen LogP contribution in [-0.2, 0) is 0 Å². The van der Waals surface area contributed by atoms with Crippen LogP contribution in [0, 0.1) is 6.92 Å². The van der Waals surface area contributed by atoms with E-state index in [0.29, 0.717) is 22.0 Å². The van der Waals surface area contributed by atoms with Crippen LogP contribution in [0.4, 0.5) is 5.13 Å². The van der Waals surface area contributed by atoms with Crippen molar-refractivity contribution in [3.05, 3.63) is 77.4 Å². The molecule has 1 amide bonds. The van der Waals surface area contributed by atoms with Crippen molar-refractivity contribution in [1.29, 1.82) is 0 Å². The van der Waals surface area contributed by atoms with Gasteiger partial charge in [-0.3, -0.25) is 10.1 Å². The second kappa shape index (κ2) is 6.99. The minimum Gasteiger partial charge on any atom is -0.337 e. The van der Waals surface area contributed by atoms with Crippen LogP contribution in [0.15, 0.2) is 67.0 Å². The van der Waals surface area contributed by atoms with Crippen molar-refractivity contribution in [2.24, 2.45) is 0 Å². The van der Waals surface area contributed by atoms with E-state index in [4.69, 9.17) is 4.98 Å². The van der Waals surface area contributed by atoms with Crippen LogP contribution < -0.4 is 5.32 Å². The molecule has 0 aliphatic heterocycles. The van der Waals surface area contributed by atoms with E-state index in [1.807, 2.05) is 60.1 Å². The lowest BCUT2D eigenvalue weighted by molar-refractivity contribution is 0.102. The zero-order chi connectivity index (χ0) is 19.8. The Kier molecular flexibility index (Phi) is 4.18. The Bertz CT molecular complexity index is 1320. The highest BCUT2D eigenvalue weighted by Crippen LogP contribution is 2.26. The average Bonchev–Trinajstić information content (AvgIpc) is 3.47. The molecule has 3 aromatic heterocycles. The number of carbonyl (C=O) groups is 1. The summed E-state index contributed by atoms with van der Waals surface area (Å²) in [6, 6.07) is 17.2. The highest BCUT2D eigenvalue weighted by molar-refractivity contribution is 7.15. The molecule has 0 unspecified atom stereocenters. The van der Waals surface area contributed by atoms with Gasteiger partial charge >= 0.3 is 0 Å². The number of anilines is 1. The number of hydrogen-bond acceptors (Lipinski definition) is 5. The van der Waals surface area contributed by atoms with Crippen LogP contribution in [-0.4, -0.2) is 30.6 Å². The molecule has 7 nitrogen and oxygen atoms in total. The Morgan fingerprint density at radius 1 is 1.10 bits per heavy atom. The first-order chi connectivity index (χ1) is 14.2. The number of carbonyl (C=O) groups excluding carboxylic acids is 1. The van der Waals surface area contributed by atoms with Crippen LogP contribution in [0.1, 0.15) is 15.2 Å². The van der Waals surface area contributed by atoms with Crippen LogP contribution in [0.2, 0.25) is 0 Å². The van der Waals surface area contributed by atoms with Gasteiger partial charge in [0.1, 0.15) is 11.2 Å². The number of nitrogens with one attached hydrogen (secondary N) is 2. The second-order valence-corrected chi connectivity index (χ2v) is 7.72. The zero-order valence-corrected chi connectivity index (χ0v) is 16.3. The third-order valence-corrected chi connectivity index (χ3v) is 5.31. The van der Waals surface area contributed by atoms with E-state index in [1.54, 1.807) is 18.5 Å². The summed E-state index contributed by atoms with van der Waals surface area (Å²) in [5.41, 5.74) is 3.63. The number of nitrogens with zero attached hydrogens (tertiary/aromatic N) is 4. The fourth-order valence-electron chi connectivity index (χ4n) is 3.17. The number of aromatic amines is 1. The summed E-state index contributed by atoms with van der Waals surface area (Å²) in [6.45, 7) is 1.95. The molecule has 0 spiro atoms. The molecule has 0 radical (unpaired) electrons. The molecular formula is C21H16N6OS. The van der Waals surface area contributed by atoms with E-state index >= 15 is 0 Å². The SMILES string of the molecule is Cc1cnc(NC(=O)c2cccc3[nH]c(-c4ccnn4-c4ccccc4)nc23)s1. The molecular weight excluding hydrogens is 384 g/mol. The van der Waals surface area contributed by atoms with Gasteiger partial charge in [0.2, 0.25) is 0 Å². The summed E-state index contributed by atoms with van der Waals surface area (Å²) in [6.07, 6.45) is 3.46. The summed E-state index contributed by atoms with van der Waals surface area (Å²) in [5, 5.41) is 7.84. The van der Waals surface area contributed by atoms with Crippen molar-refractivity contribution in [1.82, 2.24) is 24.7 Å². The highest BCUT2D eigenvalue weighted by Gasteiger charge is 2.17. The first-order valence-corrected chi connectivity index (χ1v) is 9.83. The topological polar surface area (TPSA) is 88.5 Å². The van der Waals surface area contributed by atoms with Crippen LogP contribution in [0.5, 0.6) is 0 Å². The molecule has 0 saturated heterocycles. The van der Waals surface area contributed by atoms with Gasteiger partial charge in [0, 0.05) is 11.1 Å². The maximum Gasteiger partial charge on any atom is 0.259 e. The summed E-state index contributed by atoms with van der Waals surface area (Å²) in [5.74, 6) is 0.409. The van der Waals surface area contributed by atoms with Gasteiger partial charge in [-0.2, -0.15) is 5.10 Å². The Morgan fingerprint density at radius 3 is 2.76 bits per heavy atom. The summed E-state index contributed by atoms with van der Waals surface area (Å²) >= 11 is 1.44. The van der Waals surface area contributed by atoms with E-state index in [9.17, 15) is 4.79 Å². The zero-order valence-electron chi connectivity index (χ0n) is 15.5. The van der Waals surface area contributed by atoms with Crippen molar-refractivity contribution < 1.29 is 4.79 Å². The van der Waals surface area contributed by atoms with Crippen molar-refractivity contribution in [2.45, 2.75) is 6.92 Å². The predicted molar refractivity (Wildman–Crippen MR) is 113 cm³/mol. The van der Waals surface area contributed by atoms with E-state index in [-0.39, 0.29) is 5.91 Å². The predicted octanol–water partition coefficient (Wildman–Crippen LogP) is 4.43. The lowest BCUT2D eigenvalue weighted by Crippen LogP contribution is -2.12. The number of aromatic nitrogens is 5. The molecule has 5 rings (SSSR count). The quantitative estimate of drug-likeness (QED) is 0.467. The van der Waals surface area contributed by atoms with Crippen molar-refractivity contribution in [2.75, 3.05) is 5.32 Å². The minimum atomic E-state index is -0.237. The molecule has 142 valence electrons. The summed E-state index contributed by atoms with van der Waals surface area (Å²) < 4.78 is 1.82.